The van der Waals surface area contributed by atoms with Gasteiger partial charge >= 0.3 is 0 Å². The first-order chi connectivity index (χ1) is 9.70. The third kappa shape index (κ3) is 3.95. The number of hydrogen-bond donors (Lipinski definition) is 2. The maximum atomic E-state index is 11.3. The van der Waals surface area contributed by atoms with Crippen molar-refractivity contribution in [2.45, 2.75) is 25.0 Å². The minimum absolute atomic E-state index is 0.113. The molecule has 0 aliphatic rings. The van der Waals surface area contributed by atoms with Crippen molar-refractivity contribution >= 4 is 11.8 Å². The van der Waals surface area contributed by atoms with Crippen LogP contribution in [-0.2, 0) is 0 Å². The molecule has 2 N–H and O–H groups in total. The minimum atomic E-state index is -0.113. The van der Waals surface area contributed by atoms with Crippen molar-refractivity contribution in [1.82, 2.24) is 15.3 Å². The number of hydrogen-bond acceptors (Lipinski definition) is 4. The van der Waals surface area contributed by atoms with E-state index in [4.69, 9.17) is 0 Å². The van der Waals surface area contributed by atoms with Crippen LogP contribution in [0.2, 0.25) is 0 Å². The molecule has 0 amide bonds. The fourth-order valence-corrected chi connectivity index (χ4v) is 3.00. The molecule has 0 fully saturated rings. The van der Waals surface area contributed by atoms with Crippen molar-refractivity contribution in [3.8, 4) is 0 Å². The van der Waals surface area contributed by atoms with Crippen LogP contribution in [0.25, 0.3) is 0 Å². The third-order valence-electron chi connectivity index (χ3n) is 3.05. The van der Waals surface area contributed by atoms with Gasteiger partial charge in [-0.25, -0.2) is 4.98 Å². The summed E-state index contributed by atoms with van der Waals surface area (Å²) in [5.41, 5.74) is 2.45. The predicted molar refractivity (Wildman–Crippen MR) is 83.2 cm³/mol. The van der Waals surface area contributed by atoms with Gasteiger partial charge < -0.3 is 10.3 Å². The van der Waals surface area contributed by atoms with Crippen LogP contribution in [0, 0.1) is 6.92 Å². The van der Waals surface area contributed by atoms with Gasteiger partial charge in [-0.05, 0) is 24.6 Å². The van der Waals surface area contributed by atoms with E-state index >= 15 is 0 Å². The Morgan fingerprint density at radius 3 is 2.85 bits per heavy atom. The lowest BCUT2D eigenvalue weighted by atomic mass is 10.0. The van der Waals surface area contributed by atoms with Gasteiger partial charge in [-0.15, -0.1) is 0 Å². The highest BCUT2D eigenvalue weighted by atomic mass is 32.2. The first-order valence-electron chi connectivity index (χ1n) is 6.67. The zero-order valence-electron chi connectivity index (χ0n) is 11.7. The summed E-state index contributed by atoms with van der Waals surface area (Å²) in [6, 6.07) is 10.0. The van der Waals surface area contributed by atoms with E-state index in [1.807, 2.05) is 6.07 Å². The molecule has 1 aromatic carbocycles. The summed E-state index contributed by atoms with van der Waals surface area (Å²) >= 11 is 1.56. The zero-order chi connectivity index (χ0) is 14.4. The first kappa shape index (κ1) is 14.8. The van der Waals surface area contributed by atoms with Gasteiger partial charge in [-0.3, -0.25) is 4.79 Å². The largest absolute Gasteiger partial charge is 0.309 e. The fraction of sp³-hybridized carbons (Fsp3) is 0.333. The fourth-order valence-electron chi connectivity index (χ4n) is 2.07. The van der Waals surface area contributed by atoms with Crippen LogP contribution in [0.4, 0.5) is 0 Å². The van der Waals surface area contributed by atoms with Crippen LogP contribution in [0.3, 0.4) is 0 Å². The molecule has 20 heavy (non-hydrogen) atoms. The van der Waals surface area contributed by atoms with E-state index in [-0.39, 0.29) is 11.6 Å². The molecule has 4 nitrogen and oxygen atoms in total. The van der Waals surface area contributed by atoms with Gasteiger partial charge in [0.15, 0.2) is 5.16 Å². The van der Waals surface area contributed by atoms with Crippen molar-refractivity contribution in [1.29, 1.82) is 0 Å². The summed E-state index contributed by atoms with van der Waals surface area (Å²) in [7, 11) is 0. The molecule has 1 atom stereocenters. The van der Waals surface area contributed by atoms with Crippen LogP contribution >= 0.6 is 11.8 Å². The number of aromatic amines is 1. The van der Waals surface area contributed by atoms with E-state index in [0.717, 1.165) is 12.3 Å². The second-order valence-corrected chi connectivity index (χ2v) is 5.53. The van der Waals surface area contributed by atoms with E-state index < -0.39 is 0 Å². The van der Waals surface area contributed by atoms with Gasteiger partial charge in [0.2, 0.25) is 0 Å². The van der Waals surface area contributed by atoms with Crippen LogP contribution in [0.5, 0.6) is 0 Å². The molecule has 1 heterocycles. The second kappa shape index (κ2) is 7.26. The Morgan fingerprint density at radius 1 is 1.35 bits per heavy atom. The molecule has 0 radical (unpaired) electrons. The highest BCUT2D eigenvalue weighted by Gasteiger charge is 2.13. The Kier molecular flexibility index (Phi) is 5.38. The Balaban J connectivity index is 2.10. The standard InChI is InChI=1S/C15H19N3OS/c1-3-16-13(12-7-5-4-6-11(12)2)10-20-15-17-9-8-14(19)18-15/h4-9,13,16H,3,10H2,1-2H3,(H,17,18,19). The van der Waals surface area contributed by atoms with E-state index in [0.29, 0.717) is 5.16 Å². The Labute approximate surface area is 123 Å². The molecule has 1 aromatic heterocycles. The highest BCUT2D eigenvalue weighted by Crippen LogP contribution is 2.23. The van der Waals surface area contributed by atoms with Crippen molar-refractivity contribution < 1.29 is 0 Å². The summed E-state index contributed by atoms with van der Waals surface area (Å²) in [5.74, 6) is 0.825. The molecule has 0 aliphatic heterocycles. The molecule has 0 aliphatic carbocycles. The summed E-state index contributed by atoms with van der Waals surface area (Å²) in [5, 5.41) is 4.15. The number of rotatable bonds is 6. The van der Waals surface area contributed by atoms with Gasteiger partial charge in [0, 0.05) is 24.1 Å². The van der Waals surface area contributed by atoms with E-state index in [9.17, 15) is 4.79 Å². The quantitative estimate of drug-likeness (QED) is 0.634. The number of thioether (sulfide) groups is 1. The maximum Gasteiger partial charge on any atom is 0.251 e. The number of nitrogens with one attached hydrogen (secondary N) is 2. The van der Waals surface area contributed by atoms with E-state index in [1.165, 1.54) is 23.4 Å². The third-order valence-corrected chi connectivity index (χ3v) is 4.03. The normalized spacial score (nSPS) is 12.3. The first-order valence-corrected chi connectivity index (χ1v) is 7.66. The van der Waals surface area contributed by atoms with Crippen LogP contribution in [0.1, 0.15) is 24.1 Å². The van der Waals surface area contributed by atoms with Crippen LogP contribution < -0.4 is 10.9 Å². The molecule has 5 heteroatoms. The summed E-state index contributed by atoms with van der Waals surface area (Å²) in [6.07, 6.45) is 1.54. The van der Waals surface area contributed by atoms with E-state index in [2.05, 4.69) is 47.3 Å². The highest BCUT2D eigenvalue weighted by molar-refractivity contribution is 7.99. The molecular weight excluding hydrogens is 270 g/mol. The smallest absolute Gasteiger partial charge is 0.251 e. The molecule has 0 saturated carbocycles. The molecule has 2 rings (SSSR count). The molecule has 0 saturated heterocycles. The average Bonchev–Trinajstić information content (AvgIpc) is 2.44. The zero-order valence-corrected chi connectivity index (χ0v) is 12.5. The predicted octanol–water partition coefficient (Wildman–Crippen LogP) is 2.52. The van der Waals surface area contributed by atoms with Gasteiger partial charge in [-0.2, -0.15) is 0 Å². The maximum absolute atomic E-state index is 11.3. The molecule has 0 spiro atoms. The SMILES string of the molecule is CCNC(CSc1nccc(=O)[nH]1)c1ccccc1C. The minimum Gasteiger partial charge on any atom is -0.309 e. The molecule has 2 aromatic rings. The monoisotopic (exact) mass is 289 g/mol. The Bertz CT molecular complexity index is 612. The van der Waals surface area contributed by atoms with Gasteiger partial charge in [0.1, 0.15) is 0 Å². The van der Waals surface area contributed by atoms with Gasteiger partial charge in [-0.1, -0.05) is 43.0 Å². The average molecular weight is 289 g/mol. The van der Waals surface area contributed by atoms with Crippen molar-refractivity contribution in [2.75, 3.05) is 12.3 Å². The Hall–Kier alpha value is -1.59. The number of nitrogens with zero attached hydrogens (tertiary/aromatic N) is 1. The Morgan fingerprint density at radius 2 is 2.15 bits per heavy atom. The van der Waals surface area contributed by atoms with Crippen LogP contribution in [-0.4, -0.2) is 22.3 Å². The molecule has 106 valence electrons. The number of aryl methyl sites for hydroxylation is 1. The molecular formula is C15H19N3OS. The second-order valence-electron chi connectivity index (χ2n) is 4.52. The summed E-state index contributed by atoms with van der Waals surface area (Å²) in [6.45, 7) is 5.11. The van der Waals surface area contributed by atoms with Crippen LogP contribution in [0.15, 0.2) is 46.5 Å². The lowest BCUT2D eigenvalue weighted by Gasteiger charge is -2.19. The van der Waals surface area contributed by atoms with E-state index in [1.54, 1.807) is 11.8 Å². The molecule has 0 bridgehead atoms. The number of aromatic nitrogens is 2. The lowest BCUT2D eigenvalue weighted by Crippen LogP contribution is -2.24. The van der Waals surface area contributed by atoms with Gasteiger partial charge in [0.05, 0.1) is 0 Å². The lowest BCUT2D eigenvalue weighted by molar-refractivity contribution is 0.602. The van der Waals surface area contributed by atoms with Gasteiger partial charge in [0.25, 0.3) is 5.56 Å². The van der Waals surface area contributed by atoms with Crippen molar-refractivity contribution in [2.24, 2.45) is 0 Å². The van der Waals surface area contributed by atoms with Crippen molar-refractivity contribution in [3.63, 3.8) is 0 Å². The summed E-state index contributed by atoms with van der Waals surface area (Å²) < 4.78 is 0. The summed E-state index contributed by atoms with van der Waals surface area (Å²) in [4.78, 5) is 18.2. The number of benzene rings is 1. The number of H-pyrrole nitrogens is 1. The topological polar surface area (TPSA) is 57.8 Å². The van der Waals surface area contributed by atoms with Crippen molar-refractivity contribution in [3.05, 3.63) is 58.0 Å². The molecule has 1 unspecified atom stereocenters.